The summed E-state index contributed by atoms with van der Waals surface area (Å²) >= 11 is 0. The van der Waals surface area contributed by atoms with Crippen molar-refractivity contribution in [2.24, 2.45) is 29.6 Å². The van der Waals surface area contributed by atoms with Crippen LogP contribution in [0.15, 0.2) is 30.9 Å². The molecule has 36 heavy (non-hydrogen) atoms. The normalized spacial score (nSPS) is 29.0. The summed E-state index contributed by atoms with van der Waals surface area (Å²) in [5.74, 6) is 2.85. The van der Waals surface area contributed by atoms with Gasteiger partial charge in [0, 0.05) is 5.56 Å². The summed E-state index contributed by atoms with van der Waals surface area (Å²) in [6.45, 7) is 6.34. The average Bonchev–Trinajstić information content (AvgIpc) is 2.92. The molecule has 0 amide bonds. The Morgan fingerprint density at radius 1 is 0.861 bits per heavy atom. The number of allylic oxidation sites excluding steroid dienone is 3. The van der Waals surface area contributed by atoms with Gasteiger partial charge < -0.3 is 4.74 Å². The highest BCUT2D eigenvalue weighted by molar-refractivity contribution is 5.67. The van der Waals surface area contributed by atoms with Gasteiger partial charge in [0.15, 0.2) is 11.6 Å². The molecule has 3 heteroatoms. The third-order valence-corrected chi connectivity index (χ3v) is 9.66. The van der Waals surface area contributed by atoms with E-state index in [2.05, 4.69) is 25.7 Å². The summed E-state index contributed by atoms with van der Waals surface area (Å²) < 4.78 is 34.8. The Hall–Kier alpha value is -1.64. The molecular formula is C33H48F2O. The van der Waals surface area contributed by atoms with Crippen LogP contribution in [0.3, 0.4) is 0 Å². The molecule has 3 aliphatic carbocycles. The number of rotatable bonds is 11. The Labute approximate surface area is 218 Å². The molecule has 2 saturated carbocycles. The molecule has 1 unspecified atom stereocenters. The smallest absolute Gasteiger partial charge is 0.201 e. The molecule has 1 atom stereocenters. The van der Waals surface area contributed by atoms with E-state index in [1.54, 1.807) is 12.1 Å². The monoisotopic (exact) mass is 498 g/mol. The number of hydrogen-bond acceptors (Lipinski definition) is 1. The molecule has 0 spiro atoms. The molecule has 0 radical (unpaired) electrons. The Bertz CT molecular complexity index is 859. The van der Waals surface area contributed by atoms with Crippen molar-refractivity contribution < 1.29 is 13.5 Å². The van der Waals surface area contributed by atoms with Crippen LogP contribution in [0, 0.1) is 41.2 Å². The molecule has 0 aromatic heterocycles. The maximum atomic E-state index is 14.8. The average molecular weight is 499 g/mol. The number of benzene rings is 1. The highest BCUT2D eigenvalue weighted by atomic mass is 19.2. The molecular weight excluding hydrogens is 450 g/mol. The van der Waals surface area contributed by atoms with E-state index in [9.17, 15) is 8.78 Å². The fourth-order valence-corrected chi connectivity index (χ4v) is 7.33. The maximum absolute atomic E-state index is 14.8. The summed E-state index contributed by atoms with van der Waals surface area (Å²) in [6.07, 6.45) is 24.3. The zero-order chi connectivity index (χ0) is 25.3. The van der Waals surface area contributed by atoms with E-state index in [4.69, 9.17) is 4.74 Å². The molecule has 0 heterocycles. The predicted octanol–water partition coefficient (Wildman–Crippen LogP) is 10.3. The summed E-state index contributed by atoms with van der Waals surface area (Å²) in [4.78, 5) is 0. The molecule has 1 nitrogen and oxygen atoms in total. The van der Waals surface area contributed by atoms with Crippen LogP contribution >= 0.6 is 0 Å². The van der Waals surface area contributed by atoms with Gasteiger partial charge in [-0.15, -0.1) is 6.58 Å². The Morgan fingerprint density at radius 2 is 1.53 bits per heavy atom. The van der Waals surface area contributed by atoms with Gasteiger partial charge in [0.05, 0.1) is 6.61 Å². The topological polar surface area (TPSA) is 9.23 Å². The number of unbranched alkanes of at least 4 members (excludes halogenated alkanes) is 2. The fourth-order valence-electron chi connectivity index (χ4n) is 7.33. The second kappa shape index (κ2) is 13.8. The first kappa shape index (κ1) is 27.4. The molecule has 1 aromatic carbocycles. The van der Waals surface area contributed by atoms with Crippen molar-refractivity contribution in [3.63, 3.8) is 0 Å². The Balaban J connectivity index is 1.23. The minimum atomic E-state index is -0.837. The molecule has 2 fully saturated rings. The van der Waals surface area contributed by atoms with Gasteiger partial charge in [-0.1, -0.05) is 44.8 Å². The van der Waals surface area contributed by atoms with Gasteiger partial charge in [0.2, 0.25) is 5.82 Å². The quantitative estimate of drug-likeness (QED) is 0.218. The molecule has 0 aliphatic heterocycles. The van der Waals surface area contributed by atoms with Crippen LogP contribution in [-0.4, -0.2) is 6.61 Å². The van der Waals surface area contributed by atoms with Gasteiger partial charge >= 0.3 is 0 Å². The second-order valence-corrected chi connectivity index (χ2v) is 11.9. The maximum Gasteiger partial charge on any atom is 0.201 e. The van der Waals surface area contributed by atoms with Gasteiger partial charge in [0.25, 0.3) is 0 Å². The first-order valence-electron chi connectivity index (χ1n) is 15.0. The number of hydrogen-bond donors (Lipinski definition) is 0. The minimum Gasteiger partial charge on any atom is -0.490 e. The number of ether oxygens (including phenoxy) is 1. The van der Waals surface area contributed by atoms with Crippen molar-refractivity contribution in [3.8, 4) is 5.75 Å². The summed E-state index contributed by atoms with van der Waals surface area (Å²) in [5.41, 5.74) is 1.40. The summed E-state index contributed by atoms with van der Waals surface area (Å²) in [6, 6.07) is 3.32. The summed E-state index contributed by atoms with van der Waals surface area (Å²) in [7, 11) is 0. The van der Waals surface area contributed by atoms with Gasteiger partial charge in [-0.3, -0.25) is 0 Å². The summed E-state index contributed by atoms with van der Waals surface area (Å²) in [5, 5.41) is 0. The van der Waals surface area contributed by atoms with Gasteiger partial charge in [0.1, 0.15) is 0 Å². The second-order valence-electron chi connectivity index (χ2n) is 11.9. The van der Waals surface area contributed by atoms with Crippen molar-refractivity contribution in [1.29, 1.82) is 0 Å². The van der Waals surface area contributed by atoms with Crippen LogP contribution < -0.4 is 4.74 Å². The lowest BCUT2D eigenvalue weighted by Crippen LogP contribution is -2.28. The van der Waals surface area contributed by atoms with E-state index in [1.165, 1.54) is 70.6 Å². The zero-order valence-electron chi connectivity index (χ0n) is 22.6. The first-order chi connectivity index (χ1) is 17.6. The molecule has 0 N–H and O–H groups in total. The van der Waals surface area contributed by atoms with Crippen molar-refractivity contribution in [3.05, 3.63) is 48.1 Å². The van der Waals surface area contributed by atoms with Crippen LogP contribution in [0.25, 0.3) is 5.57 Å². The van der Waals surface area contributed by atoms with E-state index in [1.807, 2.05) is 0 Å². The third-order valence-electron chi connectivity index (χ3n) is 9.66. The van der Waals surface area contributed by atoms with Crippen LogP contribution in [0.4, 0.5) is 8.78 Å². The molecule has 1 aromatic rings. The van der Waals surface area contributed by atoms with Crippen molar-refractivity contribution in [2.45, 2.75) is 110 Å². The third kappa shape index (κ3) is 7.01. The predicted molar refractivity (Wildman–Crippen MR) is 147 cm³/mol. The van der Waals surface area contributed by atoms with E-state index < -0.39 is 11.6 Å². The van der Waals surface area contributed by atoms with Crippen LogP contribution in [0.5, 0.6) is 5.75 Å². The minimum absolute atomic E-state index is 0.0388. The van der Waals surface area contributed by atoms with Gasteiger partial charge in [-0.2, -0.15) is 4.39 Å². The standard InChI is InChI=1S/C33H48F2O/c1-3-5-7-8-24-9-11-25(12-10-24)26-13-15-27(16-14-26)28-17-19-29(20-18-28)30-21-22-31(33(35)32(30)34)36-23-6-4-2/h3,19,21-22,24-28H,1,4-18,20,23H2,2H3. The molecule has 3 aliphatic rings. The zero-order valence-corrected chi connectivity index (χ0v) is 22.6. The lowest BCUT2D eigenvalue weighted by Gasteiger charge is -2.40. The van der Waals surface area contributed by atoms with Crippen LogP contribution in [0.1, 0.15) is 115 Å². The molecule has 4 rings (SSSR count). The van der Waals surface area contributed by atoms with Crippen molar-refractivity contribution in [2.75, 3.05) is 6.61 Å². The molecule has 0 bridgehead atoms. The molecule has 0 saturated heterocycles. The Morgan fingerprint density at radius 3 is 2.14 bits per heavy atom. The van der Waals surface area contributed by atoms with Crippen molar-refractivity contribution >= 4 is 5.57 Å². The molecule has 200 valence electrons. The first-order valence-corrected chi connectivity index (χ1v) is 15.0. The van der Waals surface area contributed by atoms with E-state index in [-0.39, 0.29) is 5.75 Å². The largest absolute Gasteiger partial charge is 0.490 e. The highest BCUT2D eigenvalue weighted by Crippen LogP contribution is 2.46. The van der Waals surface area contributed by atoms with Crippen LogP contribution in [-0.2, 0) is 0 Å². The lowest BCUT2D eigenvalue weighted by molar-refractivity contribution is 0.120. The van der Waals surface area contributed by atoms with Gasteiger partial charge in [-0.25, -0.2) is 4.39 Å². The number of halogens is 2. The van der Waals surface area contributed by atoms with E-state index in [0.717, 1.165) is 61.3 Å². The highest BCUT2D eigenvalue weighted by Gasteiger charge is 2.34. The Kier molecular flexibility index (Phi) is 10.5. The van der Waals surface area contributed by atoms with Crippen molar-refractivity contribution in [1.82, 2.24) is 0 Å². The fraction of sp³-hybridized carbons (Fsp3) is 0.697. The van der Waals surface area contributed by atoms with Gasteiger partial charge in [-0.05, 0) is 124 Å². The van der Waals surface area contributed by atoms with E-state index in [0.29, 0.717) is 18.1 Å². The van der Waals surface area contributed by atoms with E-state index >= 15 is 0 Å². The SMILES string of the molecule is C=CCCCC1CCC(C2CCC(C3CC=C(c4ccc(OCCCC)c(F)c4F)CC3)CC2)CC1. The van der Waals surface area contributed by atoms with Crippen LogP contribution in [0.2, 0.25) is 0 Å². The lowest BCUT2D eigenvalue weighted by atomic mass is 9.65.